The summed E-state index contributed by atoms with van der Waals surface area (Å²) in [7, 11) is 0. The van der Waals surface area contributed by atoms with Crippen molar-refractivity contribution in [2.75, 3.05) is 0 Å². The predicted molar refractivity (Wildman–Crippen MR) is 126 cm³/mol. The molecule has 0 aliphatic heterocycles. The molecule has 1 heterocycles. The molecule has 3 nitrogen and oxygen atoms in total. The Bertz CT molecular complexity index is 1410. The first-order chi connectivity index (χ1) is 16.5. The van der Waals surface area contributed by atoms with E-state index in [1.807, 2.05) is 84.9 Å². The standard InChI is InChI=1S/C28H21F3N2O/c29-28(30,31)25-16-8-15-24-26(25)32-33(18-20-9-3-1-4-10-20)27(24)22-13-7-14-23(17-22)34-19-21-11-5-2-6-12-21/h1-17H,18-19H2. The van der Waals surface area contributed by atoms with Crippen LogP contribution < -0.4 is 4.74 Å². The molecule has 0 spiro atoms. The Morgan fingerprint density at radius 2 is 1.41 bits per heavy atom. The van der Waals surface area contributed by atoms with Crippen LogP contribution in [0.4, 0.5) is 13.2 Å². The number of alkyl halides is 3. The lowest BCUT2D eigenvalue weighted by atomic mass is 10.0. The van der Waals surface area contributed by atoms with Crippen LogP contribution in [-0.2, 0) is 19.3 Å². The molecular weight excluding hydrogens is 437 g/mol. The summed E-state index contributed by atoms with van der Waals surface area (Å²) in [5.41, 5.74) is 2.54. The van der Waals surface area contributed by atoms with E-state index in [-0.39, 0.29) is 5.52 Å². The molecule has 0 radical (unpaired) electrons. The van der Waals surface area contributed by atoms with E-state index in [0.717, 1.165) is 22.8 Å². The highest BCUT2D eigenvalue weighted by Crippen LogP contribution is 2.38. The Morgan fingerprint density at radius 1 is 0.735 bits per heavy atom. The number of hydrogen-bond donors (Lipinski definition) is 0. The van der Waals surface area contributed by atoms with Crippen LogP contribution in [0.25, 0.3) is 22.2 Å². The maximum absolute atomic E-state index is 13.7. The van der Waals surface area contributed by atoms with Crippen molar-refractivity contribution >= 4 is 10.9 Å². The fraction of sp³-hybridized carbons (Fsp3) is 0.107. The largest absolute Gasteiger partial charge is 0.489 e. The van der Waals surface area contributed by atoms with Crippen molar-refractivity contribution in [3.8, 4) is 17.0 Å². The molecule has 0 fully saturated rings. The molecule has 6 heteroatoms. The zero-order valence-electron chi connectivity index (χ0n) is 18.2. The van der Waals surface area contributed by atoms with Gasteiger partial charge in [0.05, 0.1) is 17.8 Å². The number of halogens is 3. The number of benzene rings is 4. The van der Waals surface area contributed by atoms with E-state index >= 15 is 0 Å². The van der Waals surface area contributed by atoms with Crippen LogP contribution in [0.5, 0.6) is 5.75 Å². The van der Waals surface area contributed by atoms with Crippen LogP contribution >= 0.6 is 0 Å². The molecule has 0 amide bonds. The summed E-state index contributed by atoms with van der Waals surface area (Å²) in [4.78, 5) is 0. The molecule has 4 aromatic carbocycles. The van der Waals surface area contributed by atoms with Gasteiger partial charge in [-0.05, 0) is 29.3 Å². The zero-order chi connectivity index (χ0) is 23.5. The summed E-state index contributed by atoms with van der Waals surface area (Å²) < 4.78 is 48.8. The molecule has 0 unspecified atom stereocenters. The lowest BCUT2D eigenvalue weighted by Crippen LogP contribution is -2.06. The number of aromatic nitrogens is 2. The van der Waals surface area contributed by atoms with Crippen LogP contribution in [0.2, 0.25) is 0 Å². The van der Waals surface area contributed by atoms with Gasteiger partial charge >= 0.3 is 6.18 Å². The van der Waals surface area contributed by atoms with Crippen LogP contribution in [0.15, 0.2) is 103 Å². The zero-order valence-corrected chi connectivity index (χ0v) is 18.2. The molecule has 170 valence electrons. The number of rotatable bonds is 6. The fourth-order valence-electron chi connectivity index (χ4n) is 4.03. The van der Waals surface area contributed by atoms with E-state index in [1.54, 1.807) is 10.7 Å². The Morgan fingerprint density at radius 3 is 2.12 bits per heavy atom. The number of ether oxygens (including phenoxy) is 1. The lowest BCUT2D eigenvalue weighted by Gasteiger charge is -2.11. The highest BCUT2D eigenvalue weighted by atomic mass is 19.4. The second-order valence-electron chi connectivity index (χ2n) is 7.99. The van der Waals surface area contributed by atoms with E-state index in [1.165, 1.54) is 6.07 Å². The third-order valence-corrected chi connectivity index (χ3v) is 5.61. The molecule has 1 aromatic heterocycles. The van der Waals surface area contributed by atoms with Crippen LogP contribution in [0.3, 0.4) is 0 Å². The first-order valence-corrected chi connectivity index (χ1v) is 10.9. The van der Waals surface area contributed by atoms with Crippen molar-refractivity contribution in [2.45, 2.75) is 19.3 Å². The molecule has 34 heavy (non-hydrogen) atoms. The van der Waals surface area contributed by atoms with Gasteiger partial charge in [0.1, 0.15) is 17.9 Å². The monoisotopic (exact) mass is 458 g/mol. The molecular formula is C28H21F3N2O. The summed E-state index contributed by atoms with van der Waals surface area (Å²) in [6.45, 7) is 0.740. The minimum absolute atomic E-state index is 0.0588. The molecule has 5 rings (SSSR count). The van der Waals surface area contributed by atoms with Gasteiger partial charge in [-0.1, -0.05) is 84.9 Å². The average molecular weight is 458 g/mol. The van der Waals surface area contributed by atoms with Crippen LogP contribution in [0.1, 0.15) is 16.7 Å². The normalized spacial score (nSPS) is 11.6. The Hall–Kier alpha value is -4.06. The number of fused-ring (bicyclic) bond motifs is 1. The van der Waals surface area contributed by atoms with Crippen LogP contribution in [-0.4, -0.2) is 9.78 Å². The van der Waals surface area contributed by atoms with Gasteiger partial charge in [0, 0.05) is 10.9 Å². The summed E-state index contributed by atoms with van der Waals surface area (Å²) in [5.74, 6) is 0.633. The molecule has 0 aliphatic carbocycles. The molecule has 0 saturated carbocycles. The summed E-state index contributed by atoms with van der Waals surface area (Å²) >= 11 is 0. The van der Waals surface area contributed by atoms with E-state index in [9.17, 15) is 13.2 Å². The van der Waals surface area contributed by atoms with Gasteiger partial charge in [-0.3, -0.25) is 4.68 Å². The van der Waals surface area contributed by atoms with Crippen molar-refractivity contribution < 1.29 is 17.9 Å². The molecule has 0 atom stereocenters. The number of nitrogens with zero attached hydrogens (tertiary/aromatic N) is 2. The highest BCUT2D eigenvalue weighted by molar-refractivity contribution is 5.95. The first kappa shape index (κ1) is 21.8. The Balaban J connectivity index is 1.59. The molecule has 0 N–H and O–H groups in total. The van der Waals surface area contributed by atoms with E-state index in [4.69, 9.17) is 4.74 Å². The molecule has 5 aromatic rings. The van der Waals surface area contributed by atoms with Crippen LogP contribution in [0, 0.1) is 0 Å². The summed E-state index contributed by atoms with van der Waals surface area (Å²) in [5, 5.41) is 4.88. The van der Waals surface area contributed by atoms with Gasteiger partial charge in [0.2, 0.25) is 0 Å². The van der Waals surface area contributed by atoms with Crippen molar-refractivity contribution in [3.63, 3.8) is 0 Å². The molecule has 0 aliphatic rings. The SMILES string of the molecule is FC(F)(F)c1cccc2c(-c3cccc(OCc4ccccc4)c3)n(Cc3ccccc3)nc12. The molecule has 0 bridgehead atoms. The maximum Gasteiger partial charge on any atom is 0.418 e. The second kappa shape index (κ2) is 9.06. The van der Waals surface area contributed by atoms with Gasteiger partial charge < -0.3 is 4.74 Å². The minimum Gasteiger partial charge on any atom is -0.489 e. The maximum atomic E-state index is 13.7. The number of hydrogen-bond acceptors (Lipinski definition) is 2. The van der Waals surface area contributed by atoms with Gasteiger partial charge in [0.25, 0.3) is 0 Å². The summed E-state index contributed by atoms with van der Waals surface area (Å²) in [6, 6.07) is 30.9. The van der Waals surface area contributed by atoms with E-state index in [2.05, 4.69) is 5.10 Å². The molecule has 0 saturated heterocycles. The van der Waals surface area contributed by atoms with Crippen molar-refractivity contribution in [1.82, 2.24) is 9.78 Å². The second-order valence-corrected chi connectivity index (χ2v) is 7.99. The van der Waals surface area contributed by atoms with Crippen molar-refractivity contribution in [3.05, 3.63) is 120 Å². The topological polar surface area (TPSA) is 27.1 Å². The van der Waals surface area contributed by atoms with Crippen molar-refractivity contribution in [1.29, 1.82) is 0 Å². The third-order valence-electron chi connectivity index (χ3n) is 5.61. The smallest absolute Gasteiger partial charge is 0.418 e. The van der Waals surface area contributed by atoms with Gasteiger partial charge in [0.15, 0.2) is 0 Å². The van der Waals surface area contributed by atoms with Crippen molar-refractivity contribution in [2.24, 2.45) is 0 Å². The predicted octanol–water partition coefficient (Wildman–Crippen LogP) is 7.35. The Labute approximate surface area is 195 Å². The fourth-order valence-corrected chi connectivity index (χ4v) is 4.03. The quantitative estimate of drug-likeness (QED) is 0.266. The van der Waals surface area contributed by atoms with E-state index < -0.39 is 11.7 Å². The van der Waals surface area contributed by atoms with Gasteiger partial charge in [-0.2, -0.15) is 18.3 Å². The van der Waals surface area contributed by atoms with Gasteiger partial charge in [-0.15, -0.1) is 0 Å². The highest BCUT2D eigenvalue weighted by Gasteiger charge is 2.34. The average Bonchev–Trinajstić information content (AvgIpc) is 3.21. The third kappa shape index (κ3) is 4.53. The summed E-state index contributed by atoms with van der Waals surface area (Å²) in [6.07, 6.45) is -4.50. The Kier molecular flexibility index (Phi) is 5.80. The first-order valence-electron chi connectivity index (χ1n) is 10.9. The van der Waals surface area contributed by atoms with E-state index in [0.29, 0.717) is 30.0 Å². The lowest BCUT2D eigenvalue weighted by molar-refractivity contribution is -0.136. The minimum atomic E-state index is -4.50. The van der Waals surface area contributed by atoms with Gasteiger partial charge in [-0.25, -0.2) is 0 Å².